The fourth-order valence-electron chi connectivity index (χ4n) is 2.26. The minimum atomic E-state index is 0.373. The highest BCUT2D eigenvalue weighted by atomic mass is 16.1. The third kappa shape index (κ3) is 1.24. The van der Waals surface area contributed by atoms with Crippen LogP contribution in [0.5, 0.6) is 0 Å². The van der Waals surface area contributed by atoms with E-state index in [-0.39, 0.29) is 0 Å². The van der Waals surface area contributed by atoms with Crippen molar-refractivity contribution in [3.8, 4) is 0 Å². The third-order valence-electron chi connectivity index (χ3n) is 2.94. The number of fused-ring (bicyclic) bond motifs is 1. The van der Waals surface area contributed by atoms with Crippen molar-refractivity contribution < 1.29 is 4.79 Å². The number of carbonyl (C=O) groups is 1. The molecule has 2 aliphatic carbocycles. The summed E-state index contributed by atoms with van der Waals surface area (Å²) in [7, 11) is 0. The van der Waals surface area contributed by atoms with Gasteiger partial charge in [0.05, 0.1) is 0 Å². The number of hydrogen-bond donors (Lipinski definition) is 0. The molecule has 0 bridgehead atoms. The first-order valence-electron chi connectivity index (χ1n) is 4.60. The van der Waals surface area contributed by atoms with Gasteiger partial charge in [-0.15, -0.1) is 0 Å². The Hall–Kier alpha value is -0.590. The number of ketones is 1. The van der Waals surface area contributed by atoms with E-state index in [2.05, 4.69) is 6.08 Å². The monoisotopic (exact) mass is 150 g/mol. The molecule has 2 aliphatic rings. The predicted octanol–water partition coefficient (Wildman–Crippen LogP) is 2.32. The van der Waals surface area contributed by atoms with E-state index in [4.69, 9.17) is 0 Å². The highest BCUT2D eigenvalue weighted by molar-refractivity contribution is 5.94. The molecule has 0 aromatic carbocycles. The van der Waals surface area contributed by atoms with Crippen molar-refractivity contribution in [1.29, 1.82) is 0 Å². The molecule has 2 rings (SSSR count). The van der Waals surface area contributed by atoms with Gasteiger partial charge in [-0.25, -0.2) is 0 Å². The van der Waals surface area contributed by atoms with E-state index in [0.717, 1.165) is 6.42 Å². The molecule has 1 saturated carbocycles. The van der Waals surface area contributed by atoms with E-state index in [1.165, 1.54) is 25.7 Å². The minimum absolute atomic E-state index is 0.373. The summed E-state index contributed by atoms with van der Waals surface area (Å²) in [5.41, 5.74) is 0. The van der Waals surface area contributed by atoms with Gasteiger partial charge in [0.1, 0.15) is 0 Å². The smallest absolute Gasteiger partial charge is 0.159 e. The van der Waals surface area contributed by atoms with Crippen molar-refractivity contribution in [2.45, 2.75) is 32.1 Å². The van der Waals surface area contributed by atoms with Crippen molar-refractivity contribution >= 4 is 5.78 Å². The maximum Gasteiger partial charge on any atom is 0.159 e. The average Bonchev–Trinajstić information content (AvgIpc) is 2.25. The lowest BCUT2D eigenvalue weighted by molar-refractivity contribution is -0.118. The molecule has 0 saturated heterocycles. The summed E-state index contributed by atoms with van der Waals surface area (Å²) in [4.78, 5) is 11.3. The van der Waals surface area contributed by atoms with Gasteiger partial charge in [0.15, 0.2) is 5.78 Å². The molecule has 0 aromatic heterocycles. The van der Waals surface area contributed by atoms with Gasteiger partial charge in [0, 0.05) is 5.92 Å². The maximum atomic E-state index is 11.3. The summed E-state index contributed by atoms with van der Waals surface area (Å²) in [5.74, 6) is 1.36. The van der Waals surface area contributed by atoms with Crippen LogP contribution in [0.3, 0.4) is 0 Å². The molecule has 60 valence electrons. The lowest BCUT2D eigenvalue weighted by Crippen LogP contribution is -2.13. The molecular formula is C10H14O. The van der Waals surface area contributed by atoms with Crippen LogP contribution in [0.2, 0.25) is 0 Å². The van der Waals surface area contributed by atoms with Crippen LogP contribution in [0.15, 0.2) is 12.2 Å². The fourth-order valence-corrected chi connectivity index (χ4v) is 2.26. The second-order valence-corrected chi connectivity index (χ2v) is 3.67. The number of carbonyl (C=O) groups excluding carboxylic acids is 1. The highest BCUT2D eigenvalue weighted by Crippen LogP contribution is 2.34. The molecule has 0 heterocycles. The first kappa shape index (κ1) is 7.08. The topological polar surface area (TPSA) is 17.1 Å². The Morgan fingerprint density at radius 1 is 1.18 bits per heavy atom. The van der Waals surface area contributed by atoms with Crippen molar-refractivity contribution in [3.63, 3.8) is 0 Å². The Kier molecular flexibility index (Phi) is 1.80. The zero-order valence-electron chi connectivity index (χ0n) is 6.75. The van der Waals surface area contributed by atoms with Crippen LogP contribution in [0.25, 0.3) is 0 Å². The molecule has 0 N–H and O–H groups in total. The zero-order valence-corrected chi connectivity index (χ0v) is 6.75. The molecule has 1 fully saturated rings. The summed E-state index contributed by atoms with van der Waals surface area (Å²) in [5, 5.41) is 0. The Morgan fingerprint density at radius 3 is 2.91 bits per heavy atom. The van der Waals surface area contributed by atoms with E-state index in [1.54, 1.807) is 6.08 Å². The van der Waals surface area contributed by atoms with Crippen LogP contribution in [0.4, 0.5) is 0 Å². The van der Waals surface area contributed by atoms with Crippen molar-refractivity contribution in [1.82, 2.24) is 0 Å². The first-order valence-corrected chi connectivity index (χ1v) is 4.60. The molecular weight excluding hydrogens is 136 g/mol. The van der Waals surface area contributed by atoms with Crippen LogP contribution < -0.4 is 0 Å². The predicted molar refractivity (Wildman–Crippen MR) is 44.2 cm³/mol. The van der Waals surface area contributed by atoms with E-state index < -0.39 is 0 Å². The third-order valence-corrected chi connectivity index (χ3v) is 2.94. The van der Waals surface area contributed by atoms with Crippen LogP contribution >= 0.6 is 0 Å². The second kappa shape index (κ2) is 2.80. The van der Waals surface area contributed by atoms with E-state index in [0.29, 0.717) is 17.6 Å². The molecule has 0 spiro atoms. The quantitative estimate of drug-likeness (QED) is 0.518. The standard InChI is InChI=1S/C10H14O/c11-10-7-6-8-4-2-1-3-5-9(8)10/h6-9H,1-5H2. The molecule has 0 aromatic rings. The zero-order chi connectivity index (χ0) is 7.68. The lowest BCUT2D eigenvalue weighted by atomic mass is 9.90. The minimum Gasteiger partial charge on any atom is -0.295 e. The van der Waals surface area contributed by atoms with Crippen LogP contribution in [-0.2, 0) is 4.79 Å². The van der Waals surface area contributed by atoms with E-state index >= 15 is 0 Å². The van der Waals surface area contributed by atoms with Gasteiger partial charge < -0.3 is 0 Å². The fraction of sp³-hybridized carbons (Fsp3) is 0.700. The number of allylic oxidation sites excluding steroid dienone is 2. The lowest BCUT2D eigenvalue weighted by Gasteiger charge is -2.12. The first-order chi connectivity index (χ1) is 5.38. The number of rotatable bonds is 0. The van der Waals surface area contributed by atoms with Gasteiger partial charge in [0.25, 0.3) is 0 Å². The summed E-state index contributed by atoms with van der Waals surface area (Å²) in [6.45, 7) is 0. The largest absolute Gasteiger partial charge is 0.295 e. The van der Waals surface area contributed by atoms with Crippen LogP contribution in [0.1, 0.15) is 32.1 Å². The SMILES string of the molecule is O=C1C=CC2CCCCCC12. The Balaban J connectivity index is 2.11. The van der Waals surface area contributed by atoms with Crippen molar-refractivity contribution in [2.24, 2.45) is 11.8 Å². The second-order valence-electron chi connectivity index (χ2n) is 3.67. The Bertz CT molecular complexity index is 193. The van der Waals surface area contributed by atoms with E-state index in [1.807, 2.05) is 0 Å². The molecule has 0 amide bonds. The summed E-state index contributed by atoms with van der Waals surface area (Å²) >= 11 is 0. The summed E-state index contributed by atoms with van der Waals surface area (Å²) < 4.78 is 0. The molecule has 2 unspecified atom stereocenters. The van der Waals surface area contributed by atoms with Gasteiger partial charge in [-0.3, -0.25) is 4.79 Å². The Labute approximate surface area is 67.5 Å². The normalized spacial score (nSPS) is 36.9. The molecule has 0 aliphatic heterocycles. The van der Waals surface area contributed by atoms with Crippen molar-refractivity contribution in [2.75, 3.05) is 0 Å². The molecule has 2 atom stereocenters. The van der Waals surface area contributed by atoms with E-state index in [9.17, 15) is 4.79 Å². The van der Waals surface area contributed by atoms with Gasteiger partial charge in [-0.05, 0) is 24.8 Å². The van der Waals surface area contributed by atoms with Gasteiger partial charge in [-0.1, -0.05) is 25.3 Å². The van der Waals surface area contributed by atoms with Gasteiger partial charge in [0.2, 0.25) is 0 Å². The van der Waals surface area contributed by atoms with Crippen molar-refractivity contribution in [3.05, 3.63) is 12.2 Å². The molecule has 0 radical (unpaired) electrons. The molecule has 1 heteroatoms. The van der Waals surface area contributed by atoms with Crippen LogP contribution in [-0.4, -0.2) is 5.78 Å². The van der Waals surface area contributed by atoms with Gasteiger partial charge in [-0.2, -0.15) is 0 Å². The number of hydrogen-bond acceptors (Lipinski definition) is 1. The molecule has 11 heavy (non-hydrogen) atoms. The summed E-state index contributed by atoms with van der Waals surface area (Å²) in [6.07, 6.45) is 10.2. The molecule has 1 nitrogen and oxygen atoms in total. The van der Waals surface area contributed by atoms with Gasteiger partial charge >= 0.3 is 0 Å². The highest BCUT2D eigenvalue weighted by Gasteiger charge is 2.30. The van der Waals surface area contributed by atoms with Crippen LogP contribution in [0, 0.1) is 11.8 Å². The maximum absolute atomic E-state index is 11.3. The summed E-state index contributed by atoms with van der Waals surface area (Å²) in [6, 6.07) is 0. The average molecular weight is 150 g/mol. The Morgan fingerprint density at radius 2 is 2.00 bits per heavy atom.